The molecule has 0 spiro atoms. The summed E-state index contributed by atoms with van der Waals surface area (Å²) in [6.45, 7) is 3.76. The molecule has 31 heavy (non-hydrogen) atoms. The van der Waals surface area contributed by atoms with Crippen LogP contribution in [0.5, 0.6) is 0 Å². The second kappa shape index (κ2) is 7.42. The van der Waals surface area contributed by atoms with Gasteiger partial charge in [0, 0.05) is 11.3 Å². The van der Waals surface area contributed by atoms with Crippen LogP contribution in [0.3, 0.4) is 0 Å². The van der Waals surface area contributed by atoms with Gasteiger partial charge in [0.25, 0.3) is 5.91 Å². The van der Waals surface area contributed by atoms with Crippen LogP contribution in [0.2, 0.25) is 0 Å². The van der Waals surface area contributed by atoms with Gasteiger partial charge in [0.2, 0.25) is 0 Å². The monoisotopic (exact) mass is 417 g/mol. The Hall–Kier alpha value is -3.88. The quantitative estimate of drug-likeness (QED) is 0.550. The number of aromatic nitrogens is 6. The molecule has 1 aliphatic carbocycles. The van der Waals surface area contributed by atoms with Crippen molar-refractivity contribution in [1.82, 2.24) is 30.0 Å². The smallest absolute Gasteiger partial charge is 0.276 e. The molecule has 0 bridgehead atoms. The number of fused-ring (bicyclic) bond motifs is 1. The van der Waals surface area contributed by atoms with Crippen LogP contribution in [-0.4, -0.2) is 35.9 Å². The van der Waals surface area contributed by atoms with Crippen LogP contribution in [0, 0.1) is 19.7 Å². The van der Waals surface area contributed by atoms with Crippen LogP contribution in [0.25, 0.3) is 11.4 Å². The number of nitrogens with one attached hydrogen (secondary N) is 1. The summed E-state index contributed by atoms with van der Waals surface area (Å²) in [6.07, 6.45) is 2.59. The SMILES string of the molecule is Cc1ccc(-n2nc(C(=O)Nc3cc(-n4nnnc4C)ccc3F)c3c2CCC3)cc1. The highest BCUT2D eigenvalue weighted by molar-refractivity contribution is 6.04. The molecule has 2 aromatic heterocycles. The Kier molecular flexibility index (Phi) is 4.58. The Morgan fingerprint density at radius 3 is 2.55 bits per heavy atom. The lowest BCUT2D eigenvalue weighted by atomic mass is 10.2. The maximum absolute atomic E-state index is 14.5. The molecule has 156 valence electrons. The number of rotatable bonds is 4. The molecule has 0 radical (unpaired) electrons. The summed E-state index contributed by atoms with van der Waals surface area (Å²) in [5, 5.41) is 18.6. The molecule has 0 fully saturated rings. The standard InChI is InChI=1S/C22H20FN7O/c1-13-6-8-15(9-7-13)30-20-5-3-4-17(20)21(26-30)22(31)24-19-12-16(10-11-18(19)23)29-14(2)25-27-28-29/h6-12H,3-5H2,1-2H3,(H,24,31). The number of hydrogen-bond acceptors (Lipinski definition) is 5. The first-order chi connectivity index (χ1) is 15.0. The number of aryl methyl sites for hydroxylation is 2. The summed E-state index contributed by atoms with van der Waals surface area (Å²) < 4.78 is 17.8. The minimum atomic E-state index is -0.544. The summed E-state index contributed by atoms with van der Waals surface area (Å²) in [5.41, 5.74) is 4.95. The van der Waals surface area contributed by atoms with Gasteiger partial charge in [-0.05, 0) is 73.9 Å². The number of benzene rings is 2. The van der Waals surface area contributed by atoms with Crippen molar-refractivity contribution in [2.45, 2.75) is 33.1 Å². The molecule has 5 rings (SSSR count). The molecule has 8 nitrogen and oxygen atoms in total. The molecule has 1 aliphatic rings. The molecule has 1 N–H and O–H groups in total. The topological polar surface area (TPSA) is 90.5 Å². The van der Waals surface area contributed by atoms with Crippen molar-refractivity contribution in [3.63, 3.8) is 0 Å². The first kappa shape index (κ1) is 19.1. The highest BCUT2D eigenvalue weighted by Gasteiger charge is 2.27. The maximum Gasteiger partial charge on any atom is 0.276 e. The number of nitrogens with zero attached hydrogens (tertiary/aromatic N) is 6. The lowest BCUT2D eigenvalue weighted by Crippen LogP contribution is -2.16. The Bertz CT molecular complexity index is 1290. The zero-order valence-electron chi connectivity index (χ0n) is 17.1. The summed E-state index contributed by atoms with van der Waals surface area (Å²) in [4.78, 5) is 13.1. The van der Waals surface area contributed by atoms with Crippen molar-refractivity contribution in [3.05, 3.63) is 76.6 Å². The normalized spacial score (nSPS) is 12.7. The van der Waals surface area contributed by atoms with E-state index in [2.05, 4.69) is 25.9 Å². The molecule has 0 unspecified atom stereocenters. The number of carbonyl (C=O) groups excluding carboxylic acids is 1. The Morgan fingerprint density at radius 2 is 1.81 bits per heavy atom. The zero-order chi connectivity index (χ0) is 21.5. The fraction of sp³-hybridized carbons (Fsp3) is 0.227. The highest BCUT2D eigenvalue weighted by atomic mass is 19.1. The number of anilines is 1. The van der Waals surface area contributed by atoms with E-state index in [0.717, 1.165) is 41.8 Å². The summed E-state index contributed by atoms with van der Waals surface area (Å²) in [5.74, 6) is -0.426. The summed E-state index contributed by atoms with van der Waals surface area (Å²) in [7, 11) is 0. The second-order valence-corrected chi connectivity index (χ2v) is 7.63. The molecule has 0 atom stereocenters. The first-order valence-electron chi connectivity index (χ1n) is 10.1. The molecule has 2 aromatic carbocycles. The maximum atomic E-state index is 14.5. The van der Waals surface area contributed by atoms with Crippen molar-refractivity contribution in [3.8, 4) is 11.4 Å². The number of halogens is 1. The van der Waals surface area contributed by atoms with E-state index in [4.69, 9.17) is 0 Å². The van der Waals surface area contributed by atoms with Crippen LogP contribution in [0.15, 0.2) is 42.5 Å². The average Bonchev–Trinajstić information content (AvgIpc) is 3.47. The lowest BCUT2D eigenvalue weighted by molar-refractivity contribution is 0.102. The third kappa shape index (κ3) is 3.37. The fourth-order valence-corrected chi connectivity index (χ4v) is 3.91. The molecule has 9 heteroatoms. The average molecular weight is 417 g/mol. The van der Waals surface area contributed by atoms with Gasteiger partial charge in [0.1, 0.15) is 5.82 Å². The minimum Gasteiger partial charge on any atom is -0.318 e. The van der Waals surface area contributed by atoms with Gasteiger partial charge >= 0.3 is 0 Å². The van der Waals surface area contributed by atoms with Crippen LogP contribution in [0.1, 0.15) is 39.6 Å². The van der Waals surface area contributed by atoms with Gasteiger partial charge in [-0.15, -0.1) is 5.10 Å². The Morgan fingerprint density at radius 1 is 1.03 bits per heavy atom. The molecular weight excluding hydrogens is 397 g/mol. The van der Waals surface area contributed by atoms with Gasteiger partial charge < -0.3 is 5.32 Å². The molecule has 2 heterocycles. The highest BCUT2D eigenvalue weighted by Crippen LogP contribution is 2.29. The third-order valence-electron chi connectivity index (χ3n) is 5.49. The molecule has 0 aliphatic heterocycles. The van der Waals surface area contributed by atoms with Gasteiger partial charge in [-0.3, -0.25) is 4.79 Å². The van der Waals surface area contributed by atoms with E-state index < -0.39 is 11.7 Å². The minimum absolute atomic E-state index is 0.0500. The molecular formula is C22H20FN7O. The fourth-order valence-electron chi connectivity index (χ4n) is 3.91. The molecule has 0 saturated heterocycles. The second-order valence-electron chi connectivity index (χ2n) is 7.63. The van der Waals surface area contributed by atoms with Gasteiger partial charge in [0.05, 0.1) is 17.1 Å². The van der Waals surface area contributed by atoms with E-state index in [1.54, 1.807) is 13.0 Å². The Balaban J connectivity index is 1.49. The molecule has 0 saturated carbocycles. The lowest BCUT2D eigenvalue weighted by Gasteiger charge is -2.09. The predicted molar refractivity (Wildman–Crippen MR) is 112 cm³/mol. The van der Waals surface area contributed by atoms with Crippen molar-refractivity contribution >= 4 is 11.6 Å². The van der Waals surface area contributed by atoms with Crippen LogP contribution < -0.4 is 5.32 Å². The Labute approximate surface area is 177 Å². The van der Waals surface area contributed by atoms with Crippen molar-refractivity contribution in [2.24, 2.45) is 0 Å². The number of amides is 1. The summed E-state index contributed by atoms with van der Waals surface area (Å²) in [6, 6.07) is 12.3. The van der Waals surface area contributed by atoms with Gasteiger partial charge in [-0.2, -0.15) is 9.78 Å². The molecule has 1 amide bonds. The van der Waals surface area contributed by atoms with E-state index in [0.29, 0.717) is 17.2 Å². The third-order valence-corrected chi connectivity index (χ3v) is 5.49. The van der Waals surface area contributed by atoms with Gasteiger partial charge in [-0.25, -0.2) is 9.07 Å². The van der Waals surface area contributed by atoms with E-state index >= 15 is 0 Å². The van der Waals surface area contributed by atoms with Crippen LogP contribution >= 0.6 is 0 Å². The first-order valence-corrected chi connectivity index (χ1v) is 10.1. The zero-order valence-corrected chi connectivity index (χ0v) is 17.1. The summed E-state index contributed by atoms with van der Waals surface area (Å²) >= 11 is 0. The van der Waals surface area contributed by atoms with Crippen molar-refractivity contribution in [2.75, 3.05) is 5.32 Å². The van der Waals surface area contributed by atoms with E-state index in [-0.39, 0.29) is 5.69 Å². The van der Waals surface area contributed by atoms with Crippen LogP contribution in [-0.2, 0) is 12.8 Å². The van der Waals surface area contributed by atoms with Crippen LogP contribution in [0.4, 0.5) is 10.1 Å². The number of tetrazole rings is 1. The molecule has 4 aromatic rings. The van der Waals surface area contributed by atoms with Crippen molar-refractivity contribution in [1.29, 1.82) is 0 Å². The van der Waals surface area contributed by atoms with Gasteiger partial charge in [-0.1, -0.05) is 17.7 Å². The largest absolute Gasteiger partial charge is 0.318 e. The van der Waals surface area contributed by atoms with Gasteiger partial charge in [0.15, 0.2) is 11.5 Å². The van der Waals surface area contributed by atoms with Crippen molar-refractivity contribution < 1.29 is 9.18 Å². The number of hydrogen-bond donors (Lipinski definition) is 1. The predicted octanol–water partition coefficient (Wildman–Crippen LogP) is 3.34. The van der Waals surface area contributed by atoms with E-state index in [1.807, 2.05) is 35.9 Å². The number of carbonyl (C=O) groups is 1. The van der Waals surface area contributed by atoms with E-state index in [9.17, 15) is 9.18 Å². The van der Waals surface area contributed by atoms with E-state index in [1.165, 1.54) is 16.8 Å².